The lowest BCUT2D eigenvalue weighted by Crippen LogP contribution is -2.46. The SMILES string of the molecule is CC(C)C(C)c1cc2nc(-c3cnn(C4CC4)c3)c(N3CCN(Cc4ccc(F)cc4F)CC3)nc2cn1. The van der Waals surface area contributed by atoms with Crippen LogP contribution in [0.1, 0.15) is 56.8 Å². The van der Waals surface area contributed by atoms with E-state index in [1.54, 1.807) is 0 Å². The van der Waals surface area contributed by atoms with Gasteiger partial charge in [0.1, 0.15) is 22.8 Å². The van der Waals surface area contributed by atoms with Gasteiger partial charge in [0.2, 0.25) is 0 Å². The van der Waals surface area contributed by atoms with Crippen molar-refractivity contribution in [2.24, 2.45) is 5.92 Å². The molecule has 4 heterocycles. The zero-order valence-corrected chi connectivity index (χ0v) is 22.1. The number of fused-ring (bicyclic) bond motifs is 1. The molecular formula is C29H33F2N7. The third-order valence-corrected chi connectivity index (χ3v) is 7.90. The lowest BCUT2D eigenvalue weighted by molar-refractivity contribution is 0.246. The van der Waals surface area contributed by atoms with Gasteiger partial charge < -0.3 is 4.90 Å². The molecule has 1 aliphatic carbocycles. The first-order valence-electron chi connectivity index (χ1n) is 13.5. The van der Waals surface area contributed by atoms with Gasteiger partial charge in [-0.05, 0) is 30.9 Å². The van der Waals surface area contributed by atoms with Gasteiger partial charge in [-0.1, -0.05) is 26.8 Å². The Labute approximate surface area is 221 Å². The largest absolute Gasteiger partial charge is 0.352 e. The average molecular weight is 518 g/mol. The quantitative estimate of drug-likeness (QED) is 0.319. The van der Waals surface area contributed by atoms with Gasteiger partial charge in [0, 0.05) is 67.7 Å². The van der Waals surface area contributed by atoms with Crippen LogP contribution in [0.25, 0.3) is 22.3 Å². The highest BCUT2D eigenvalue weighted by Crippen LogP contribution is 2.37. The monoisotopic (exact) mass is 517 g/mol. The molecule has 1 aliphatic heterocycles. The smallest absolute Gasteiger partial charge is 0.156 e. The van der Waals surface area contributed by atoms with E-state index in [0.29, 0.717) is 30.0 Å². The molecule has 4 aromatic rings. The summed E-state index contributed by atoms with van der Waals surface area (Å²) in [6.07, 6.45) is 8.14. The van der Waals surface area contributed by atoms with Crippen LogP contribution in [-0.2, 0) is 6.54 Å². The molecule has 0 amide bonds. The Balaban J connectivity index is 1.30. The summed E-state index contributed by atoms with van der Waals surface area (Å²) in [4.78, 5) is 19.3. The van der Waals surface area contributed by atoms with E-state index in [2.05, 4.69) is 47.9 Å². The number of nitrogens with zero attached hydrogens (tertiary/aromatic N) is 7. The summed E-state index contributed by atoms with van der Waals surface area (Å²) in [5, 5.41) is 4.61. The van der Waals surface area contributed by atoms with Crippen molar-refractivity contribution in [3.8, 4) is 11.3 Å². The van der Waals surface area contributed by atoms with Gasteiger partial charge in [0.25, 0.3) is 0 Å². The maximum absolute atomic E-state index is 14.2. The van der Waals surface area contributed by atoms with Gasteiger partial charge in [0.05, 0.1) is 24.0 Å². The van der Waals surface area contributed by atoms with E-state index in [4.69, 9.17) is 15.0 Å². The first kappa shape index (κ1) is 24.9. The van der Waals surface area contributed by atoms with E-state index < -0.39 is 11.6 Å². The zero-order valence-electron chi connectivity index (χ0n) is 22.1. The summed E-state index contributed by atoms with van der Waals surface area (Å²) in [5.41, 5.74) is 4.94. The molecule has 6 rings (SSSR count). The number of piperazine rings is 1. The van der Waals surface area contributed by atoms with Crippen molar-refractivity contribution in [2.75, 3.05) is 31.1 Å². The normalized spacial score (nSPS) is 17.5. The molecule has 0 bridgehead atoms. The van der Waals surface area contributed by atoms with E-state index in [0.717, 1.165) is 78.9 Å². The molecule has 38 heavy (non-hydrogen) atoms. The van der Waals surface area contributed by atoms with Crippen LogP contribution in [0.15, 0.2) is 42.9 Å². The van der Waals surface area contributed by atoms with Crippen molar-refractivity contribution in [2.45, 2.75) is 52.1 Å². The van der Waals surface area contributed by atoms with Crippen LogP contribution >= 0.6 is 0 Å². The van der Waals surface area contributed by atoms with Crippen molar-refractivity contribution in [1.29, 1.82) is 0 Å². The number of aromatic nitrogens is 5. The fourth-order valence-corrected chi connectivity index (χ4v) is 4.98. The minimum atomic E-state index is -0.552. The molecule has 0 N–H and O–H groups in total. The van der Waals surface area contributed by atoms with E-state index >= 15 is 0 Å². The molecule has 7 nitrogen and oxygen atoms in total. The standard InChI is InChI=1S/C29H33F2N7/c1-18(2)19(3)25-13-26-27(15-32-25)35-29(28(34-26)21-14-33-38(17-21)23-6-7-23)37-10-8-36(9-11-37)16-20-4-5-22(30)12-24(20)31/h4-5,12-15,17-19,23H,6-11,16H2,1-3H3. The van der Waals surface area contributed by atoms with Crippen molar-refractivity contribution in [3.05, 3.63) is 65.7 Å². The van der Waals surface area contributed by atoms with Crippen LogP contribution in [0.4, 0.5) is 14.6 Å². The predicted octanol–water partition coefficient (Wildman–Crippen LogP) is 5.58. The minimum Gasteiger partial charge on any atom is -0.352 e. The summed E-state index contributed by atoms with van der Waals surface area (Å²) >= 11 is 0. The molecule has 0 spiro atoms. The van der Waals surface area contributed by atoms with Crippen molar-refractivity contribution < 1.29 is 8.78 Å². The second-order valence-electron chi connectivity index (χ2n) is 11.0. The number of rotatable bonds is 7. The van der Waals surface area contributed by atoms with Gasteiger partial charge in [-0.3, -0.25) is 14.6 Å². The van der Waals surface area contributed by atoms with E-state index in [-0.39, 0.29) is 0 Å². The molecule has 1 saturated heterocycles. The van der Waals surface area contributed by atoms with Crippen LogP contribution in [0, 0.1) is 17.6 Å². The van der Waals surface area contributed by atoms with Crippen LogP contribution in [0.2, 0.25) is 0 Å². The van der Waals surface area contributed by atoms with E-state index in [9.17, 15) is 8.78 Å². The van der Waals surface area contributed by atoms with Gasteiger partial charge >= 0.3 is 0 Å². The average Bonchev–Trinajstić information content (AvgIpc) is 3.65. The third-order valence-electron chi connectivity index (χ3n) is 7.90. The van der Waals surface area contributed by atoms with Gasteiger partial charge in [0.15, 0.2) is 5.82 Å². The number of pyridine rings is 1. The van der Waals surface area contributed by atoms with Crippen molar-refractivity contribution in [3.63, 3.8) is 0 Å². The fourth-order valence-electron chi connectivity index (χ4n) is 4.98. The Morgan fingerprint density at radius 2 is 1.74 bits per heavy atom. The molecule has 2 fully saturated rings. The summed E-state index contributed by atoms with van der Waals surface area (Å²) in [7, 11) is 0. The molecule has 2 aliphatic rings. The molecular weight excluding hydrogens is 484 g/mol. The van der Waals surface area contributed by atoms with E-state index in [1.807, 2.05) is 17.1 Å². The first-order chi connectivity index (χ1) is 18.4. The van der Waals surface area contributed by atoms with Gasteiger partial charge in [-0.2, -0.15) is 5.10 Å². The topological polar surface area (TPSA) is 63.0 Å². The lowest BCUT2D eigenvalue weighted by atomic mass is 9.94. The molecule has 1 saturated carbocycles. The van der Waals surface area contributed by atoms with E-state index in [1.165, 1.54) is 12.1 Å². The summed E-state index contributed by atoms with van der Waals surface area (Å²) in [6.45, 7) is 9.97. The molecule has 3 aromatic heterocycles. The second-order valence-corrected chi connectivity index (χ2v) is 11.0. The maximum atomic E-state index is 14.2. The van der Waals surface area contributed by atoms with Gasteiger partial charge in [-0.25, -0.2) is 18.7 Å². The zero-order chi connectivity index (χ0) is 26.4. The number of halogens is 2. The van der Waals surface area contributed by atoms with Crippen molar-refractivity contribution in [1.82, 2.24) is 29.6 Å². The van der Waals surface area contributed by atoms with Crippen LogP contribution < -0.4 is 4.90 Å². The van der Waals surface area contributed by atoms with Gasteiger partial charge in [-0.15, -0.1) is 0 Å². The predicted molar refractivity (Wildman–Crippen MR) is 144 cm³/mol. The Morgan fingerprint density at radius 1 is 0.947 bits per heavy atom. The first-order valence-corrected chi connectivity index (χ1v) is 13.5. The fraction of sp³-hybridized carbons (Fsp3) is 0.448. The molecule has 1 atom stereocenters. The van der Waals surface area contributed by atoms with Crippen LogP contribution in [0.3, 0.4) is 0 Å². The van der Waals surface area contributed by atoms with Crippen molar-refractivity contribution >= 4 is 16.9 Å². The lowest BCUT2D eigenvalue weighted by Gasteiger charge is -2.36. The number of benzene rings is 1. The second kappa shape index (κ2) is 10.0. The van der Waals surface area contributed by atoms with Crippen LogP contribution in [0.5, 0.6) is 0 Å². The highest BCUT2D eigenvalue weighted by molar-refractivity contribution is 5.83. The van der Waals surface area contributed by atoms with Crippen LogP contribution in [-0.4, -0.2) is 55.8 Å². The number of hydrogen-bond acceptors (Lipinski definition) is 6. The minimum absolute atomic E-state index is 0.320. The number of hydrogen-bond donors (Lipinski definition) is 0. The Morgan fingerprint density at radius 3 is 2.45 bits per heavy atom. The summed E-state index contributed by atoms with van der Waals surface area (Å²) in [5.74, 6) is 0.571. The number of anilines is 1. The molecule has 0 radical (unpaired) electrons. The highest BCUT2D eigenvalue weighted by Gasteiger charge is 2.27. The molecule has 9 heteroatoms. The Hall–Kier alpha value is -3.46. The molecule has 198 valence electrons. The Bertz CT molecular complexity index is 1450. The third kappa shape index (κ3) is 4.99. The summed E-state index contributed by atoms with van der Waals surface area (Å²) in [6, 6.07) is 6.35. The Kier molecular flexibility index (Phi) is 6.55. The summed E-state index contributed by atoms with van der Waals surface area (Å²) < 4.78 is 29.6. The molecule has 1 aromatic carbocycles. The highest BCUT2D eigenvalue weighted by atomic mass is 19.1. The maximum Gasteiger partial charge on any atom is 0.156 e. The molecule has 1 unspecified atom stereocenters.